The lowest BCUT2D eigenvalue weighted by Crippen LogP contribution is -2.22. The number of hydrogen-bond acceptors (Lipinski definition) is 10. The molecule has 35 heavy (non-hydrogen) atoms. The molecule has 0 saturated heterocycles. The van der Waals surface area contributed by atoms with Crippen LogP contribution in [0.4, 0.5) is 5.82 Å². The van der Waals surface area contributed by atoms with E-state index in [2.05, 4.69) is 35.8 Å². The van der Waals surface area contributed by atoms with Gasteiger partial charge in [0.2, 0.25) is 11.6 Å². The number of nitrogens with one attached hydrogen (secondary N) is 1. The minimum absolute atomic E-state index is 0.0331. The highest BCUT2D eigenvalue weighted by atomic mass is 35.5. The van der Waals surface area contributed by atoms with Gasteiger partial charge in [0, 0.05) is 5.02 Å². The van der Waals surface area contributed by atoms with Crippen molar-refractivity contribution in [2.24, 2.45) is 5.10 Å². The smallest absolute Gasteiger partial charge is 0.292 e. The average Bonchev–Trinajstić information content (AvgIpc) is 3.44. The van der Waals surface area contributed by atoms with Gasteiger partial charge in [0.25, 0.3) is 5.91 Å². The van der Waals surface area contributed by atoms with Crippen LogP contribution in [0.25, 0.3) is 5.82 Å². The maximum Gasteiger partial charge on any atom is 0.292 e. The third-order valence-electron chi connectivity index (χ3n) is 4.70. The molecule has 0 spiro atoms. The van der Waals surface area contributed by atoms with E-state index < -0.39 is 5.91 Å². The second-order valence-corrected chi connectivity index (χ2v) is 7.60. The van der Waals surface area contributed by atoms with Crippen molar-refractivity contribution in [2.45, 2.75) is 20.5 Å². The van der Waals surface area contributed by atoms with Crippen LogP contribution in [0.15, 0.2) is 52.2 Å². The molecule has 12 nitrogen and oxygen atoms in total. The number of hydrogen-bond donors (Lipinski definition) is 2. The molecule has 0 fully saturated rings. The largest absolute Gasteiger partial charge is 0.490 e. The summed E-state index contributed by atoms with van der Waals surface area (Å²) >= 11 is 5.93. The van der Waals surface area contributed by atoms with Crippen LogP contribution >= 0.6 is 11.6 Å². The summed E-state index contributed by atoms with van der Waals surface area (Å²) < 4.78 is 17.3. The first-order valence-corrected chi connectivity index (χ1v) is 10.8. The lowest BCUT2D eigenvalue weighted by atomic mass is 10.2. The van der Waals surface area contributed by atoms with Crippen LogP contribution in [0.1, 0.15) is 34.2 Å². The summed E-state index contributed by atoms with van der Waals surface area (Å²) in [7, 11) is 0. The van der Waals surface area contributed by atoms with Gasteiger partial charge in [0.1, 0.15) is 6.61 Å². The van der Waals surface area contributed by atoms with Crippen molar-refractivity contribution >= 4 is 29.5 Å². The normalized spacial score (nSPS) is 11.1. The Bertz CT molecular complexity index is 1350. The molecule has 1 amide bonds. The SMILES string of the molecule is CCOc1cc(/C=N\NC(=O)c2c(C)nnn2-c2nonc2N)ccc1OCc1ccc(Cl)cc1. The standard InChI is InChI=1S/C22H21ClN8O4/c1-3-33-18-10-15(6-9-17(18)34-12-14-4-7-16(23)8-5-14)11-25-27-22(32)19-13(2)26-30-31(19)21-20(24)28-35-29-21/h4-11H,3,12H2,1-2H3,(H2,24,28)(H,27,32)/b25-11-. The fourth-order valence-corrected chi connectivity index (χ4v) is 3.18. The maximum atomic E-state index is 12.7. The van der Waals surface area contributed by atoms with E-state index in [1.54, 1.807) is 37.3 Å². The van der Waals surface area contributed by atoms with Crippen molar-refractivity contribution in [3.63, 3.8) is 0 Å². The molecule has 0 aliphatic carbocycles. The maximum absolute atomic E-state index is 12.7. The Balaban J connectivity index is 1.45. The van der Waals surface area contributed by atoms with Crippen LogP contribution in [0, 0.1) is 6.92 Å². The number of halogens is 1. The zero-order valence-corrected chi connectivity index (χ0v) is 19.6. The molecule has 2 aromatic heterocycles. The van der Waals surface area contributed by atoms with Crippen LogP contribution in [0.3, 0.4) is 0 Å². The molecule has 13 heteroatoms. The summed E-state index contributed by atoms with van der Waals surface area (Å²) in [5.41, 5.74) is 10.2. The van der Waals surface area contributed by atoms with E-state index in [1.807, 2.05) is 19.1 Å². The van der Waals surface area contributed by atoms with Crippen LogP contribution in [0.5, 0.6) is 11.5 Å². The molecule has 180 valence electrons. The monoisotopic (exact) mass is 496 g/mol. The Morgan fingerprint density at radius 3 is 2.71 bits per heavy atom. The molecular weight excluding hydrogens is 476 g/mol. The van der Waals surface area contributed by atoms with Crippen LogP contribution in [-0.2, 0) is 6.61 Å². The summed E-state index contributed by atoms with van der Waals surface area (Å²) in [4.78, 5) is 12.7. The highest BCUT2D eigenvalue weighted by Crippen LogP contribution is 2.29. The molecule has 3 N–H and O–H groups in total. The van der Waals surface area contributed by atoms with E-state index in [4.69, 9.17) is 26.8 Å². The van der Waals surface area contributed by atoms with E-state index in [0.29, 0.717) is 41.0 Å². The molecule has 2 aromatic carbocycles. The molecule has 0 unspecified atom stereocenters. The summed E-state index contributed by atoms with van der Waals surface area (Å²) in [6, 6.07) is 12.7. The van der Waals surface area contributed by atoms with Gasteiger partial charge in [-0.05, 0) is 65.6 Å². The average molecular weight is 497 g/mol. The first kappa shape index (κ1) is 23.7. The van der Waals surface area contributed by atoms with Crippen molar-refractivity contribution in [1.29, 1.82) is 0 Å². The van der Waals surface area contributed by atoms with Gasteiger partial charge in [-0.3, -0.25) is 4.79 Å². The van der Waals surface area contributed by atoms with Gasteiger partial charge < -0.3 is 15.2 Å². The van der Waals surface area contributed by atoms with Gasteiger partial charge in [-0.15, -0.1) is 5.10 Å². The number of carbonyl (C=O) groups excluding carboxylic acids is 1. The quantitative estimate of drug-likeness (QED) is 0.262. The van der Waals surface area contributed by atoms with E-state index in [0.717, 1.165) is 10.2 Å². The van der Waals surface area contributed by atoms with Crippen LogP contribution < -0.4 is 20.6 Å². The molecule has 0 saturated carbocycles. The van der Waals surface area contributed by atoms with Crippen molar-refractivity contribution < 1.29 is 18.9 Å². The predicted octanol–water partition coefficient (Wildman–Crippen LogP) is 2.94. The Hall–Kier alpha value is -4.45. The van der Waals surface area contributed by atoms with E-state index in [9.17, 15) is 4.79 Å². The molecule has 4 rings (SSSR count). The second kappa shape index (κ2) is 10.7. The fraction of sp³-hybridized carbons (Fsp3) is 0.182. The molecular formula is C22H21ClN8O4. The number of ether oxygens (including phenoxy) is 2. The number of anilines is 1. The number of hydrazone groups is 1. The second-order valence-electron chi connectivity index (χ2n) is 7.16. The molecule has 0 radical (unpaired) electrons. The van der Waals surface area contributed by atoms with Crippen molar-refractivity contribution in [3.8, 4) is 17.3 Å². The third kappa shape index (κ3) is 5.55. The van der Waals surface area contributed by atoms with Gasteiger partial charge in [0.15, 0.2) is 17.2 Å². The Morgan fingerprint density at radius 2 is 2.00 bits per heavy atom. The highest BCUT2D eigenvalue weighted by Gasteiger charge is 2.22. The number of amides is 1. The van der Waals surface area contributed by atoms with Crippen molar-refractivity contribution in [3.05, 3.63) is 70.0 Å². The molecule has 0 bridgehead atoms. The lowest BCUT2D eigenvalue weighted by molar-refractivity contribution is 0.0946. The number of carbonyl (C=O) groups is 1. The summed E-state index contributed by atoms with van der Waals surface area (Å²) in [6.07, 6.45) is 1.47. The molecule has 2 heterocycles. The Labute approximate surface area is 204 Å². The number of nitrogens with zero attached hydrogens (tertiary/aromatic N) is 6. The number of nitrogens with two attached hydrogens (primary N) is 1. The summed E-state index contributed by atoms with van der Waals surface area (Å²) in [6.45, 7) is 4.29. The van der Waals surface area contributed by atoms with E-state index in [1.165, 1.54) is 6.21 Å². The van der Waals surface area contributed by atoms with Crippen LogP contribution in [0.2, 0.25) is 5.02 Å². The summed E-state index contributed by atoms with van der Waals surface area (Å²) in [5.74, 6) is 0.569. The number of rotatable bonds is 9. The minimum atomic E-state index is -0.570. The zero-order chi connectivity index (χ0) is 24.8. The van der Waals surface area contributed by atoms with Crippen molar-refractivity contribution in [1.82, 2.24) is 30.7 Å². The minimum Gasteiger partial charge on any atom is -0.490 e. The number of benzene rings is 2. The Morgan fingerprint density at radius 1 is 1.20 bits per heavy atom. The predicted molar refractivity (Wildman–Crippen MR) is 127 cm³/mol. The van der Waals surface area contributed by atoms with Crippen molar-refractivity contribution in [2.75, 3.05) is 12.3 Å². The van der Waals surface area contributed by atoms with Gasteiger partial charge in [-0.1, -0.05) is 28.9 Å². The Kier molecular flexibility index (Phi) is 7.21. The first-order chi connectivity index (χ1) is 17.0. The number of nitrogen functional groups attached to an aromatic ring is 1. The fourth-order valence-electron chi connectivity index (χ4n) is 3.06. The first-order valence-electron chi connectivity index (χ1n) is 10.4. The van der Waals surface area contributed by atoms with Gasteiger partial charge in [-0.2, -0.15) is 9.78 Å². The van der Waals surface area contributed by atoms with Gasteiger partial charge in [-0.25, -0.2) is 10.1 Å². The third-order valence-corrected chi connectivity index (χ3v) is 4.96. The number of aryl methyl sites for hydroxylation is 1. The zero-order valence-electron chi connectivity index (χ0n) is 18.8. The van der Waals surface area contributed by atoms with Gasteiger partial charge in [0.05, 0.1) is 18.5 Å². The molecule has 0 atom stereocenters. The molecule has 4 aromatic rings. The molecule has 0 aliphatic rings. The molecule has 0 aliphatic heterocycles. The van der Waals surface area contributed by atoms with E-state index in [-0.39, 0.29) is 17.3 Å². The number of aromatic nitrogens is 5. The van der Waals surface area contributed by atoms with Crippen LogP contribution in [-0.4, -0.2) is 44.0 Å². The van der Waals surface area contributed by atoms with Gasteiger partial charge >= 0.3 is 0 Å². The van der Waals surface area contributed by atoms with E-state index >= 15 is 0 Å². The summed E-state index contributed by atoms with van der Waals surface area (Å²) in [5, 5.41) is 19.6. The highest BCUT2D eigenvalue weighted by molar-refractivity contribution is 6.30. The topological polar surface area (TPSA) is 156 Å². The lowest BCUT2D eigenvalue weighted by Gasteiger charge is -2.12.